The van der Waals surface area contributed by atoms with Crippen LogP contribution in [0.4, 0.5) is 0 Å². The van der Waals surface area contributed by atoms with Gasteiger partial charge in [-0.3, -0.25) is 19.7 Å². The molecule has 1 N–H and O–H groups in total. The molecular formula is C15H16N2O3. The van der Waals surface area contributed by atoms with E-state index < -0.39 is 6.04 Å². The molecule has 0 aromatic heterocycles. The van der Waals surface area contributed by atoms with Crippen molar-refractivity contribution in [3.8, 4) is 0 Å². The molecule has 2 unspecified atom stereocenters. The van der Waals surface area contributed by atoms with E-state index in [2.05, 4.69) is 5.32 Å². The maximum absolute atomic E-state index is 12.1. The fourth-order valence-electron chi connectivity index (χ4n) is 2.96. The summed E-state index contributed by atoms with van der Waals surface area (Å²) in [5.74, 6) is -0.469. The van der Waals surface area contributed by atoms with E-state index in [1.54, 1.807) is 4.90 Å². The zero-order chi connectivity index (χ0) is 14.1. The number of benzene rings is 1. The van der Waals surface area contributed by atoms with Gasteiger partial charge in [-0.15, -0.1) is 0 Å². The van der Waals surface area contributed by atoms with E-state index >= 15 is 0 Å². The van der Waals surface area contributed by atoms with Gasteiger partial charge in [-0.25, -0.2) is 0 Å². The summed E-state index contributed by atoms with van der Waals surface area (Å²) in [6, 6.07) is 9.37. The number of rotatable bonds is 2. The number of carbonyl (C=O) groups excluding carboxylic acids is 3. The Labute approximate surface area is 116 Å². The summed E-state index contributed by atoms with van der Waals surface area (Å²) in [5, 5.41) is 2.31. The second kappa shape index (κ2) is 5.07. The molecule has 0 saturated carbocycles. The van der Waals surface area contributed by atoms with Gasteiger partial charge in [0.25, 0.3) is 0 Å². The van der Waals surface area contributed by atoms with Crippen LogP contribution in [0.5, 0.6) is 0 Å². The van der Waals surface area contributed by atoms with Crippen LogP contribution in [0.3, 0.4) is 0 Å². The molecule has 0 spiro atoms. The fraction of sp³-hybridized carbons (Fsp3) is 0.400. The van der Waals surface area contributed by atoms with Crippen molar-refractivity contribution in [2.45, 2.75) is 31.2 Å². The third-order valence-electron chi connectivity index (χ3n) is 4.02. The first kappa shape index (κ1) is 12.8. The highest BCUT2D eigenvalue weighted by Gasteiger charge is 2.40. The van der Waals surface area contributed by atoms with E-state index in [-0.39, 0.29) is 23.6 Å². The molecule has 2 atom stereocenters. The molecule has 20 heavy (non-hydrogen) atoms. The Kier molecular flexibility index (Phi) is 3.26. The molecule has 0 aliphatic carbocycles. The smallest absolute Gasteiger partial charge is 0.249 e. The van der Waals surface area contributed by atoms with Crippen LogP contribution in [0.1, 0.15) is 30.7 Å². The van der Waals surface area contributed by atoms with Crippen LogP contribution in [-0.2, 0) is 14.4 Å². The van der Waals surface area contributed by atoms with E-state index in [0.29, 0.717) is 25.8 Å². The SMILES string of the molecule is O=C1CCC(N2CC(c3ccccc3)CC2=O)C(=O)N1. The lowest BCUT2D eigenvalue weighted by Crippen LogP contribution is -2.52. The molecule has 0 bridgehead atoms. The van der Waals surface area contributed by atoms with E-state index in [1.807, 2.05) is 30.3 Å². The summed E-state index contributed by atoms with van der Waals surface area (Å²) < 4.78 is 0. The lowest BCUT2D eigenvalue weighted by atomic mass is 9.98. The summed E-state index contributed by atoms with van der Waals surface area (Å²) in [6.45, 7) is 0.551. The van der Waals surface area contributed by atoms with Crippen LogP contribution in [0.2, 0.25) is 0 Å². The van der Waals surface area contributed by atoms with Gasteiger partial charge in [0.05, 0.1) is 0 Å². The highest BCUT2D eigenvalue weighted by Crippen LogP contribution is 2.30. The molecule has 3 amide bonds. The fourth-order valence-corrected chi connectivity index (χ4v) is 2.96. The number of hydrogen-bond acceptors (Lipinski definition) is 3. The molecule has 5 nitrogen and oxygen atoms in total. The van der Waals surface area contributed by atoms with Crippen molar-refractivity contribution >= 4 is 17.7 Å². The second-order valence-corrected chi connectivity index (χ2v) is 5.32. The van der Waals surface area contributed by atoms with Gasteiger partial charge in [-0.05, 0) is 12.0 Å². The van der Waals surface area contributed by atoms with Crippen molar-refractivity contribution in [3.63, 3.8) is 0 Å². The molecule has 1 aromatic carbocycles. The summed E-state index contributed by atoms with van der Waals surface area (Å²) in [6.07, 6.45) is 1.16. The van der Waals surface area contributed by atoms with Gasteiger partial charge in [0.15, 0.2) is 0 Å². The Morgan fingerprint density at radius 3 is 2.55 bits per heavy atom. The molecule has 104 valence electrons. The summed E-state index contributed by atoms with van der Waals surface area (Å²) in [7, 11) is 0. The quantitative estimate of drug-likeness (QED) is 0.810. The minimum absolute atomic E-state index is 0.00616. The number of imide groups is 1. The minimum Gasteiger partial charge on any atom is -0.330 e. The molecule has 2 aliphatic rings. The number of hydrogen-bond donors (Lipinski definition) is 1. The van der Waals surface area contributed by atoms with E-state index in [0.717, 1.165) is 5.56 Å². The van der Waals surface area contributed by atoms with Crippen LogP contribution in [0, 0.1) is 0 Å². The number of nitrogens with zero attached hydrogens (tertiary/aromatic N) is 1. The predicted octanol–water partition coefficient (Wildman–Crippen LogP) is 0.808. The molecular weight excluding hydrogens is 256 g/mol. The van der Waals surface area contributed by atoms with Crippen molar-refractivity contribution in [1.29, 1.82) is 0 Å². The van der Waals surface area contributed by atoms with E-state index in [1.165, 1.54) is 0 Å². The van der Waals surface area contributed by atoms with Crippen molar-refractivity contribution in [2.75, 3.05) is 6.54 Å². The molecule has 2 heterocycles. The van der Waals surface area contributed by atoms with Gasteiger partial charge in [0.2, 0.25) is 17.7 Å². The lowest BCUT2D eigenvalue weighted by molar-refractivity contribution is -0.143. The first-order chi connectivity index (χ1) is 9.65. The van der Waals surface area contributed by atoms with Gasteiger partial charge >= 0.3 is 0 Å². The highest BCUT2D eigenvalue weighted by molar-refractivity contribution is 6.01. The number of piperidine rings is 1. The molecule has 0 radical (unpaired) electrons. The first-order valence-corrected chi connectivity index (χ1v) is 6.83. The van der Waals surface area contributed by atoms with Crippen molar-refractivity contribution in [2.24, 2.45) is 0 Å². The van der Waals surface area contributed by atoms with Crippen molar-refractivity contribution in [3.05, 3.63) is 35.9 Å². The Morgan fingerprint density at radius 1 is 1.10 bits per heavy atom. The van der Waals surface area contributed by atoms with Crippen molar-refractivity contribution < 1.29 is 14.4 Å². The van der Waals surface area contributed by atoms with E-state index in [4.69, 9.17) is 0 Å². The highest BCUT2D eigenvalue weighted by atomic mass is 16.2. The van der Waals surface area contributed by atoms with Crippen molar-refractivity contribution in [1.82, 2.24) is 10.2 Å². The van der Waals surface area contributed by atoms with E-state index in [9.17, 15) is 14.4 Å². The van der Waals surface area contributed by atoms with Gasteiger partial charge < -0.3 is 4.90 Å². The first-order valence-electron chi connectivity index (χ1n) is 6.83. The third kappa shape index (κ3) is 2.31. The predicted molar refractivity (Wildman–Crippen MR) is 71.7 cm³/mol. The van der Waals surface area contributed by atoms with Crippen LogP contribution in [0.15, 0.2) is 30.3 Å². The number of nitrogens with one attached hydrogen (secondary N) is 1. The molecule has 2 saturated heterocycles. The average molecular weight is 272 g/mol. The summed E-state index contributed by atoms with van der Waals surface area (Å²) in [5.41, 5.74) is 1.12. The maximum atomic E-state index is 12.1. The lowest BCUT2D eigenvalue weighted by Gasteiger charge is -2.29. The largest absolute Gasteiger partial charge is 0.330 e. The topological polar surface area (TPSA) is 66.5 Å². The Bertz CT molecular complexity index is 555. The van der Waals surface area contributed by atoms with Gasteiger partial charge in [-0.1, -0.05) is 30.3 Å². The van der Waals surface area contributed by atoms with Crippen LogP contribution >= 0.6 is 0 Å². The molecule has 2 aliphatic heterocycles. The summed E-state index contributed by atoms with van der Waals surface area (Å²) in [4.78, 5) is 36.8. The monoisotopic (exact) mass is 272 g/mol. The standard InChI is InChI=1S/C15H16N2O3/c18-13-7-6-12(15(20)16-13)17-9-11(8-14(17)19)10-4-2-1-3-5-10/h1-5,11-12H,6-9H2,(H,16,18,20). The van der Waals surface area contributed by atoms with Gasteiger partial charge in [-0.2, -0.15) is 0 Å². The van der Waals surface area contributed by atoms with Gasteiger partial charge in [0, 0.05) is 25.3 Å². The Morgan fingerprint density at radius 2 is 1.85 bits per heavy atom. The third-order valence-corrected chi connectivity index (χ3v) is 4.02. The Balaban J connectivity index is 1.74. The molecule has 5 heteroatoms. The van der Waals surface area contributed by atoms with Crippen LogP contribution in [0.25, 0.3) is 0 Å². The zero-order valence-electron chi connectivity index (χ0n) is 11.0. The van der Waals surface area contributed by atoms with Crippen LogP contribution < -0.4 is 5.32 Å². The Hall–Kier alpha value is -2.17. The molecule has 1 aromatic rings. The van der Waals surface area contributed by atoms with Crippen LogP contribution in [-0.4, -0.2) is 35.2 Å². The normalized spacial score (nSPS) is 26.8. The number of likely N-dealkylation sites (tertiary alicyclic amines) is 1. The van der Waals surface area contributed by atoms with Gasteiger partial charge in [0.1, 0.15) is 6.04 Å². The number of carbonyl (C=O) groups is 3. The average Bonchev–Trinajstić information content (AvgIpc) is 2.82. The summed E-state index contributed by atoms with van der Waals surface area (Å²) >= 11 is 0. The minimum atomic E-state index is -0.492. The second-order valence-electron chi connectivity index (χ2n) is 5.32. The maximum Gasteiger partial charge on any atom is 0.249 e. The number of amides is 3. The zero-order valence-corrected chi connectivity index (χ0v) is 11.0. The molecule has 2 fully saturated rings. The molecule has 3 rings (SSSR count).